The van der Waals surface area contributed by atoms with Crippen molar-refractivity contribution in [1.29, 1.82) is 0 Å². The number of para-hydroxylation sites is 1. The maximum Gasteiger partial charge on any atom is 0.332 e. The molecule has 0 spiro atoms. The zero-order valence-electron chi connectivity index (χ0n) is 17.6. The molecule has 1 saturated carbocycles. The molecule has 2 atom stereocenters. The number of rotatable bonds is 12. The van der Waals surface area contributed by atoms with E-state index < -0.39 is 27.6 Å². The summed E-state index contributed by atoms with van der Waals surface area (Å²) in [6.07, 6.45) is 4.47. The first kappa shape index (κ1) is 24.5. The van der Waals surface area contributed by atoms with Gasteiger partial charge in [-0.3, -0.25) is 14.4 Å². The molecule has 2 rings (SSSR count). The van der Waals surface area contributed by atoms with Gasteiger partial charge in [0.1, 0.15) is 5.54 Å². The standard InChI is InChI=1S/C21H29N3O6S/c1-3-16-15-21(16,22)20(27)23-31(28,29)24(17-11-7-6-8-12-17)18(25)13-9-4-5-10-14-19(26)30-2/h3,6-8,11-12,16H,1,4-5,9-10,13-15,22H2,2H3,(H,23,27)/t16-,21-/m1/s1. The van der Waals surface area contributed by atoms with Gasteiger partial charge >= 0.3 is 16.2 Å². The highest BCUT2D eigenvalue weighted by Gasteiger charge is 2.56. The van der Waals surface area contributed by atoms with Crippen molar-refractivity contribution in [2.75, 3.05) is 11.4 Å². The first-order chi connectivity index (χ1) is 14.7. The molecule has 31 heavy (non-hydrogen) atoms. The number of esters is 1. The molecule has 170 valence electrons. The summed E-state index contributed by atoms with van der Waals surface area (Å²) in [7, 11) is -3.18. The largest absolute Gasteiger partial charge is 0.469 e. The summed E-state index contributed by atoms with van der Waals surface area (Å²) in [5.41, 5.74) is 4.73. The minimum absolute atomic E-state index is 0.0364. The third-order valence-corrected chi connectivity index (χ3v) is 6.53. The maximum atomic E-state index is 12.9. The Balaban J connectivity index is 2.03. The van der Waals surface area contributed by atoms with E-state index in [1.165, 1.54) is 25.3 Å². The van der Waals surface area contributed by atoms with Crippen LogP contribution in [0.15, 0.2) is 43.0 Å². The summed E-state index contributed by atoms with van der Waals surface area (Å²) >= 11 is 0. The normalized spacial score (nSPS) is 19.9. The van der Waals surface area contributed by atoms with Crippen LogP contribution >= 0.6 is 0 Å². The van der Waals surface area contributed by atoms with E-state index in [1.54, 1.807) is 18.2 Å². The lowest BCUT2D eigenvalue weighted by atomic mass is 10.1. The number of carbonyl (C=O) groups is 3. The minimum atomic E-state index is -4.50. The van der Waals surface area contributed by atoms with Crippen LogP contribution in [0.4, 0.5) is 5.69 Å². The van der Waals surface area contributed by atoms with Crippen LogP contribution in [0.5, 0.6) is 0 Å². The second-order valence-electron chi connectivity index (χ2n) is 7.51. The number of nitrogens with two attached hydrogens (primary N) is 1. The Labute approximate surface area is 182 Å². The van der Waals surface area contributed by atoms with Crippen molar-refractivity contribution >= 4 is 33.7 Å². The van der Waals surface area contributed by atoms with Gasteiger partial charge in [-0.1, -0.05) is 37.1 Å². The molecule has 1 aromatic rings. The average Bonchev–Trinajstić information content (AvgIpc) is 3.42. The molecule has 0 heterocycles. The van der Waals surface area contributed by atoms with Gasteiger partial charge in [0.05, 0.1) is 12.8 Å². The molecule has 9 nitrogen and oxygen atoms in total. The van der Waals surface area contributed by atoms with Crippen LogP contribution in [-0.4, -0.2) is 38.9 Å². The van der Waals surface area contributed by atoms with E-state index in [1.807, 2.05) is 4.72 Å². The molecule has 1 aromatic carbocycles. The molecule has 2 amide bonds. The van der Waals surface area contributed by atoms with Crippen LogP contribution in [0.25, 0.3) is 0 Å². The number of anilines is 1. The smallest absolute Gasteiger partial charge is 0.332 e. The number of ether oxygens (including phenoxy) is 1. The van der Waals surface area contributed by atoms with E-state index >= 15 is 0 Å². The Bertz CT molecular complexity index is 918. The summed E-state index contributed by atoms with van der Waals surface area (Å²) in [6.45, 7) is 3.58. The Kier molecular flexibility index (Phi) is 8.35. The van der Waals surface area contributed by atoms with Crippen LogP contribution in [0.1, 0.15) is 44.9 Å². The lowest BCUT2D eigenvalue weighted by Crippen LogP contribution is -2.53. The molecule has 0 aliphatic heterocycles. The molecule has 10 heteroatoms. The zero-order chi connectivity index (χ0) is 23.1. The predicted molar refractivity (Wildman–Crippen MR) is 116 cm³/mol. The number of unbranched alkanes of at least 4 members (excludes halogenated alkanes) is 3. The number of hydrogen-bond donors (Lipinski definition) is 2. The molecule has 1 aliphatic rings. The van der Waals surface area contributed by atoms with Gasteiger partial charge in [0.2, 0.25) is 5.91 Å². The second-order valence-corrected chi connectivity index (χ2v) is 9.03. The van der Waals surface area contributed by atoms with Crippen molar-refractivity contribution in [1.82, 2.24) is 4.72 Å². The fraction of sp³-hybridized carbons (Fsp3) is 0.476. The number of nitrogens with zero attached hydrogens (tertiary/aromatic N) is 1. The highest BCUT2D eigenvalue weighted by Crippen LogP contribution is 2.42. The van der Waals surface area contributed by atoms with E-state index in [0.29, 0.717) is 42.8 Å². The van der Waals surface area contributed by atoms with Gasteiger partial charge in [0.15, 0.2) is 0 Å². The molecule has 0 radical (unpaired) electrons. The van der Waals surface area contributed by atoms with E-state index in [2.05, 4.69) is 11.3 Å². The van der Waals surface area contributed by atoms with Crippen molar-refractivity contribution in [3.63, 3.8) is 0 Å². The number of carbonyl (C=O) groups excluding carboxylic acids is 3. The van der Waals surface area contributed by atoms with Gasteiger partial charge < -0.3 is 10.5 Å². The van der Waals surface area contributed by atoms with Crippen molar-refractivity contribution in [3.05, 3.63) is 43.0 Å². The van der Waals surface area contributed by atoms with Gasteiger partial charge in [0.25, 0.3) is 5.91 Å². The summed E-state index contributed by atoms with van der Waals surface area (Å²) in [5.74, 6) is -2.13. The highest BCUT2D eigenvalue weighted by atomic mass is 32.2. The number of benzene rings is 1. The van der Waals surface area contributed by atoms with Crippen molar-refractivity contribution in [2.45, 2.75) is 50.5 Å². The zero-order valence-corrected chi connectivity index (χ0v) is 18.4. The second kappa shape index (κ2) is 10.5. The van der Waals surface area contributed by atoms with Crippen molar-refractivity contribution < 1.29 is 27.5 Å². The summed E-state index contributed by atoms with van der Waals surface area (Å²) in [4.78, 5) is 36.4. The quantitative estimate of drug-likeness (QED) is 0.281. The maximum absolute atomic E-state index is 12.9. The van der Waals surface area contributed by atoms with Gasteiger partial charge in [0, 0.05) is 18.8 Å². The van der Waals surface area contributed by atoms with E-state index in [-0.39, 0.29) is 24.0 Å². The van der Waals surface area contributed by atoms with Crippen molar-refractivity contribution in [2.24, 2.45) is 11.7 Å². The molecular formula is C21H29N3O6S. The minimum Gasteiger partial charge on any atom is -0.469 e. The molecule has 1 fully saturated rings. The summed E-state index contributed by atoms with van der Waals surface area (Å²) in [5, 5.41) is 0. The first-order valence-electron chi connectivity index (χ1n) is 10.1. The fourth-order valence-corrected chi connectivity index (χ4v) is 4.47. The van der Waals surface area contributed by atoms with Crippen LogP contribution in [0.2, 0.25) is 0 Å². The molecule has 0 saturated heterocycles. The third kappa shape index (κ3) is 6.38. The van der Waals surface area contributed by atoms with Gasteiger partial charge in [-0.2, -0.15) is 12.7 Å². The molecule has 3 N–H and O–H groups in total. The van der Waals surface area contributed by atoms with Gasteiger partial charge in [-0.15, -0.1) is 6.58 Å². The molecule has 0 unspecified atom stereocenters. The van der Waals surface area contributed by atoms with E-state index in [4.69, 9.17) is 5.73 Å². The first-order valence-corrected chi connectivity index (χ1v) is 11.5. The number of hydrogen-bond acceptors (Lipinski definition) is 7. The highest BCUT2D eigenvalue weighted by molar-refractivity contribution is 7.92. The van der Waals surface area contributed by atoms with Crippen LogP contribution in [-0.2, 0) is 29.3 Å². The van der Waals surface area contributed by atoms with E-state index in [9.17, 15) is 22.8 Å². The van der Waals surface area contributed by atoms with E-state index in [0.717, 1.165) is 0 Å². The monoisotopic (exact) mass is 451 g/mol. The molecule has 0 aromatic heterocycles. The summed E-state index contributed by atoms with van der Waals surface area (Å²) in [6, 6.07) is 7.82. The Morgan fingerprint density at radius 3 is 2.35 bits per heavy atom. The molecule has 0 bridgehead atoms. The van der Waals surface area contributed by atoms with Crippen LogP contribution < -0.4 is 14.8 Å². The Hall–Kier alpha value is -2.72. The molecule has 1 aliphatic carbocycles. The molecular weight excluding hydrogens is 422 g/mol. The van der Waals surface area contributed by atoms with Crippen LogP contribution in [0.3, 0.4) is 0 Å². The number of amides is 2. The third-order valence-electron chi connectivity index (χ3n) is 5.19. The van der Waals surface area contributed by atoms with Gasteiger partial charge in [-0.05, 0) is 31.4 Å². The lowest BCUT2D eigenvalue weighted by molar-refractivity contribution is -0.140. The number of methoxy groups -OCH3 is 1. The average molecular weight is 452 g/mol. The Morgan fingerprint density at radius 2 is 1.81 bits per heavy atom. The Morgan fingerprint density at radius 1 is 1.19 bits per heavy atom. The number of nitrogens with one attached hydrogen (secondary N) is 1. The lowest BCUT2D eigenvalue weighted by Gasteiger charge is -2.23. The topological polar surface area (TPSA) is 136 Å². The predicted octanol–water partition coefficient (Wildman–Crippen LogP) is 1.80. The summed E-state index contributed by atoms with van der Waals surface area (Å²) < 4.78 is 33.0. The fourth-order valence-electron chi connectivity index (χ4n) is 3.20. The van der Waals surface area contributed by atoms with Crippen molar-refractivity contribution in [3.8, 4) is 0 Å². The van der Waals surface area contributed by atoms with Crippen LogP contribution in [0, 0.1) is 5.92 Å². The SMILES string of the molecule is C=C[C@@H]1C[C@]1(N)C(=O)NS(=O)(=O)N(C(=O)CCCCCCC(=O)OC)c1ccccc1. The van der Waals surface area contributed by atoms with Gasteiger partial charge in [-0.25, -0.2) is 4.72 Å².